The molecule has 0 atom stereocenters. The fourth-order valence-electron chi connectivity index (χ4n) is 1.95. The first-order valence-corrected chi connectivity index (χ1v) is 7.96. The summed E-state index contributed by atoms with van der Waals surface area (Å²) in [5.41, 5.74) is 0.437. The molecule has 0 aliphatic rings. The molecular formula is C18H11Cl2N2O4-. The first kappa shape index (κ1) is 19.3. The molecule has 2 rings (SSSR count). The van der Waals surface area contributed by atoms with Crippen molar-refractivity contribution >= 4 is 46.8 Å². The minimum atomic E-state index is -1.39. The topological polar surface area (TPSA) is 102 Å². The second kappa shape index (κ2) is 8.90. The number of para-hydroxylation sites is 1. The van der Waals surface area contributed by atoms with Gasteiger partial charge in [0.15, 0.2) is 0 Å². The predicted octanol–water partition coefficient (Wildman–Crippen LogP) is 2.67. The molecule has 26 heavy (non-hydrogen) atoms. The van der Waals surface area contributed by atoms with Crippen LogP contribution in [0, 0.1) is 11.3 Å². The van der Waals surface area contributed by atoms with Gasteiger partial charge in [0, 0.05) is 10.6 Å². The molecule has 0 saturated heterocycles. The van der Waals surface area contributed by atoms with Crippen LogP contribution < -0.4 is 15.2 Å². The number of nitriles is 1. The monoisotopic (exact) mass is 389 g/mol. The number of carbonyl (C=O) groups excluding carboxylic acids is 2. The van der Waals surface area contributed by atoms with Crippen LogP contribution in [0.5, 0.6) is 5.75 Å². The van der Waals surface area contributed by atoms with Crippen LogP contribution in [0.2, 0.25) is 10.0 Å². The molecule has 0 fully saturated rings. The minimum Gasteiger partial charge on any atom is -0.546 e. The van der Waals surface area contributed by atoms with Crippen molar-refractivity contribution in [2.45, 2.75) is 0 Å². The summed E-state index contributed by atoms with van der Waals surface area (Å²) in [5, 5.41) is 23.0. The predicted molar refractivity (Wildman–Crippen MR) is 95.6 cm³/mol. The summed E-state index contributed by atoms with van der Waals surface area (Å²) in [4.78, 5) is 22.9. The summed E-state index contributed by atoms with van der Waals surface area (Å²) in [6.07, 6.45) is 1.28. The van der Waals surface area contributed by atoms with Crippen molar-refractivity contribution < 1.29 is 19.4 Å². The molecule has 0 radical (unpaired) electrons. The highest BCUT2D eigenvalue weighted by molar-refractivity contribution is 6.36. The van der Waals surface area contributed by atoms with Gasteiger partial charge in [-0.1, -0.05) is 41.4 Å². The van der Waals surface area contributed by atoms with Crippen molar-refractivity contribution in [1.82, 2.24) is 0 Å². The van der Waals surface area contributed by atoms with Crippen molar-refractivity contribution in [3.05, 3.63) is 63.6 Å². The van der Waals surface area contributed by atoms with E-state index in [1.807, 2.05) is 0 Å². The largest absolute Gasteiger partial charge is 0.546 e. The number of aliphatic carboxylic acids is 1. The Morgan fingerprint density at radius 2 is 1.96 bits per heavy atom. The molecule has 0 aliphatic heterocycles. The smallest absolute Gasteiger partial charge is 0.266 e. The molecule has 6 nitrogen and oxygen atoms in total. The summed E-state index contributed by atoms with van der Waals surface area (Å²) in [6.45, 7) is -0.653. The first-order valence-electron chi connectivity index (χ1n) is 7.20. The highest BCUT2D eigenvalue weighted by atomic mass is 35.5. The van der Waals surface area contributed by atoms with Crippen LogP contribution in [0.4, 0.5) is 5.69 Å². The maximum atomic E-state index is 12.3. The van der Waals surface area contributed by atoms with Gasteiger partial charge < -0.3 is 20.0 Å². The first-order chi connectivity index (χ1) is 12.4. The van der Waals surface area contributed by atoms with E-state index >= 15 is 0 Å². The lowest BCUT2D eigenvalue weighted by Crippen LogP contribution is -2.29. The van der Waals surface area contributed by atoms with Gasteiger partial charge in [-0.05, 0) is 30.3 Å². The highest BCUT2D eigenvalue weighted by Crippen LogP contribution is 2.26. The van der Waals surface area contributed by atoms with Crippen LogP contribution in [-0.4, -0.2) is 18.5 Å². The molecule has 0 unspecified atom stereocenters. The Hall–Kier alpha value is -3.01. The van der Waals surface area contributed by atoms with E-state index in [9.17, 15) is 20.0 Å². The zero-order chi connectivity index (χ0) is 19.1. The number of nitrogens with one attached hydrogen (secondary N) is 1. The number of amides is 1. The van der Waals surface area contributed by atoms with Gasteiger partial charge in [-0.2, -0.15) is 5.26 Å². The van der Waals surface area contributed by atoms with Crippen LogP contribution >= 0.6 is 23.2 Å². The number of carboxylic acid groups (broad SMARTS) is 1. The van der Waals surface area contributed by atoms with Crippen molar-refractivity contribution in [3.8, 4) is 11.8 Å². The third-order valence-corrected chi connectivity index (χ3v) is 3.66. The van der Waals surface area contributed by atoms with Gasteiger partial charge in [-0.15, -0.1) is 0 Å². The quantitative estimate of drug-likeness (QED) is 0.604. The summed E-state index contributed by atoms with van der Waals surface area (Å²) in [6, 6.07) is 12.7. The number of hydrogen-bond acceptors (Lipinski definition) is 5. The fourth-order valence-corrected chi connectivity index (χ4v) is 2.41. The van der Waals surface area contributed by atoms with Gasteiger partial charge >= 0.3 is 0 Å². The number of carbonyl (C=O) groups is 2. The van der Waals surface area contributed by atoms with Crippen molar-refractivity contribution in [1.29, 1.82) is 5.26 Å². The molecule has 2 aromatic rings. The highest BCUT2D eigenvalue weighted by Gasteiger charge is 2.13. The molecule has 1 amide bonds. The SMILES string of the molecule is N#C/C(=C\c1ccccc1OCC(=O)[O-])C(=O)Nc1ccc(Cl)cc1Cl. The lowest BCUT2D eigenvalue weighted by molar-refractivity contribution is -0.307. The number of hydrogen-bond donors (Lipinski definition) is 1. The minimum absolute atomic E-state index is 0.196. The summed E-state index contributed by atoms with van der Waals surface area (Å²) in [5.74, 6) is -1.88. The maximum Gasteiger partial charge on any atom is 0.266 e. The Bertz CT molecular complexity index is 920. The van der Waals surface area contributed by atoms with Crippen LogP contribution in [0.1, 0.15) is 5.56 Å². The molecule has 0 heterocycles. The van der Waals surface area contributed by atoms with Crippen LogP contribution in [0.3, 0.4) is 0 Å². The number of ether oxygens (including phenoxy) is 1. The van der Waals surface area contributed by atoms with Crippen LogP contribution in [-0.2, 0) is 9.59 Å². The van der Waals surface area contributed by atoms with Crippen LogP contribution in [0.25, 0.3) is 6.08 Å². The third kappa shape index (κ3) is 5.24. The maximum absolute atomic E-state index is 12.3. The standard InChI is InChI=1S/C18H12Cl2N2O4/c19-13-5-6-15(14(20)8-13)22-18(25)12(9-21)7-11-3-1-2-4-16(11)26-10-17(23)24/h1-8H,10H2,(H,22,25)(H,23,24)/p-1/b12-7+. The molecule has 0 aromatic heterocycles. The fraction of sp³-hybridized carbons (Fsp3) is 0.0556. The third-order valence-electron chi connectivity index (χ3n) is 3.11. The number of nitrogens with zero attached hydrogens (tertiary/aromatic N) is 1. The molecule has 0 spiro atoms. The van der Waals surface area contributed by atoms with Crippen molar-refractivity contribution in [3.63, 3.8) is 0 Å². The lowest BCUT2D eigenvalue weighted by atomic mass is 10.1. The Balaban J connectivity index is 2.26. The molecule has 1 N–H and O–H groups in total. The normalized spacial score (nSPS) is 10.7. The number of carboxylic acids is 1. The molecular weight excluding hydrogens is 379 g/mol. The van der Waals surface area contributed by atoms with E-state index in [4.69, 9.17) is 27.9 Å². The van der Waals surface area contributed by atoms with E-state index in [-0.39, 0.29) is 16.3 Å². The Morgan fingerprint density at radius 3 is 2.62 bits per heavy atom. The second-order valence-electron chi connectivity index (χ2n) is 4.95. The number of rotatable bonds is 6. The van der Waals surface area contributed by atoms with E-state index < -0.39 is 18.5 Å². The molecule has 2 aromatic carbocycles. The van der Waals surface area contributed by atoms with Gasteiger partial charge in [-0.3, -0.25) is 4.79 Å². The molecule has 132 valence electrons. The van der Waals surface area contributed by atoms with Crippen molar-refractivity contribution in [2.75, 3.05) is 11.9 Å². The van der Waals surface area contributed by atoms with Crippen LogP contribution in [0.15, 0.2) is 48.0 Å². The number of anilines is 1. The van der Waals surface area contributed by atoms with E-state index in [1.54, 1.807) is 30.3 Å². The Kier molecular flexibility index (Phi) is 6.61. The molecule has 0 aliphatic carbocycles. The van der Waals surface area contributed by atoms with Gasteiger partial charge in [0.25, 0.3) is 5.91 Å². The zero-order valence-electron chi connectivity index (χ0n) is 13.2. The van der Waals surface area contributed by atoms with E-state index in [0.717, 1.165) is 0 Å². The molecule has 8 heteroatoms. The van der Waals surface area contributed by atoms with Crippen molar-refractivity contribution in [2.24, 2.45) is 0 Å². The molecule has 0 bridgehead atoms. The summed E-state index contributed by atoms with van der Waals surface area (Å²) < 4.78 is 5.09. The summed E-state index contributed by atoms with van der Waals surface area (Å²) >= 11 is 11.8. The van der Waals surface area contributed by atoms with Gasteiger partial charge in [0.05, 0.1) is 16.7 Å². The van der Waals surface area contributed by atoms with Gasteiger partial charge in [0.1, 0.15) is 24.0 Å². The Morgan fingerprint density at radius 1 is 1.23 bits per heavy atom. The number of benzene rings is 2. The average Bonchev–Trinajstić information content (AvgIpc) is 2.60. The molecule has 0 saturated carbocycles. The van der Waals surface area contributed by atoms with E-state index in [2.05, 4.69) is 5.32 Å². The average molecular weight is 390 g/mol. The Labute approximate surface area is 159 Å². The summed E-state index contributed by atoms with van der Waals surface area (Å²) in [7, 11) is 0. The van der Waals surface area contributed by atoms with E-state index in [1.165, 1.54) is 24.3 Å². The lowest BCUT2D eigenvalue weighted by Gasteiger charge is -2.10. The zero-order valence-corrected chi connectivity index (χ0v) is 14.7. The van der Waals surface area contributed by atoms with E-state index in [0.29, 0.717) is 16.3 Å². The van der Waals surface area contributed by atoms with Gasteiger partial charge in [-0.25, -0.2) is 0 Å². The van der Waals surface area contributed by atoms with Gasteiger partial charge in [0.2, 0.25) is 0 Å². The second-order valence-corrected chi connectivity index (χ2v) is 5.79. The number of halogens is 2.